The van der Waals surface area contributed by atoms with Gasteiger partial charge in [0.25, 0.3) is 5.91 Å². The van der Waals surface area contributed by atoms with Gasteiger partial charge >= 0.3 is 6.18 Å². The number of halogens is 3. The molecule has 0 unspecified atom stereocenters. The summed E-state index contributed by atoms with van der Waals surface area (Å²) in [6.07, 6.45) is -2.54. The summed E-state index contributed by atoms with van der Waals surface area (Å²) in [5.41, 5.74) is 0.457. The highest BCUT2D eigenvalue weighted by Crippen LogP contribution is 2.29. The van der Waals surface area contributed by atoms with E-state index in [4.69, 9.17) is 5.26 Å². The van der Waals surface area contributed by atoms with Crippen molar-refractivity contribution in [2.75, 3.05) is 6.54 Å². The van der Waals surface area contributed by atoms with Gasteiger partial charge in [0.05, 0.1) is 5.56 Å². The van der Waals surface area contributed by atoms with Crippen LogP contribution in [0.5, 0.6) is 0 Å². The molecule has 0 aliphatic heterocycles. The second kappa shape index (κ2) is 8.15. The summed E-state index contributed by atoms with van der Waals surface area (Å²) in [6.45, 7) is 0.356. The maximum atomic E-state index is 12.5. The van der Waals surface area contributed by atoms with Crippen LogP contribution in [0.15, 0.2) is 60.2 Å². The molecule has 2 aromatic carbocycles. The zero-order valence-corrected chi connectivity index (χ0v) is 13.2. The number of benzene rings is 2. The van der Waals surface area contributed by atoms with Gasteiger partial charge in [-0.05, 0) is 35.8 Å². The van der Waals surface area contributed by atoms with Crippen molar-refractivity contribution in [3.8, 4) is 6.07 Å². The van der Waals surface area contributed by atoms with Gasteiger partial charge in [0.1, 0.15) is 11.6 Å². The minimum Gasteiger partial charge on any atom is -0.351 e. The van der Waals surface area contributed by atoms with Gasteiger partial charge in [-0.1, -0.05) is 42.5 Å². The fraction of sp³-hybridized carbons (Fsp3) is 0.158. The number of nitrogens with zero attached hydrogens (tertiary/aromatic N) is 1. The van der Waals surface area contributed by atoms with E-state index >= 15 is 0 Å². The maximum absolute atomic E-state index is 12.5. The van der Waals surface area contributed by atoms with E-state index < -0.39 is 17.6 Å². The molecule has 0 radical (unpaired) electrons. The first-order chi connectivity index (χ1) is 11.9. The number of carbonyl (C=O) groups excluding carboxylic acids is 1. The number of amides is 1. The van der Waals surface area contributed by atoms with Gasteiger partial charge in [-0.3, -0.25) is 4.79 Å². The molecule has 0 heterocycles. The summed E-state index contributed by atoms with van der Waals surface area (Å²) < 4.78 is 37.6. The van der Waals surface area contributed by atoms with Gasteiger partial charge in [0, 0.05) is 6.54 Å². The van der Waals surface area contributed by atoms with Crippen molar-refractivity contribution in [1.29, 1.82) is 5.26 Å². The zero-order chi connectivity index (χ0) is 18.3. The predicted molar refractivity (Wildman–Crippen MR) is 88.2 cm³/mol. The third kappa shape index (κ3) is 5.50. The summed E-state index contributed by atoms with van der Waals surface area (Å²) in [5.74, 6) is -0.557. The fourth-order valence-corrected chi connectivity index (χ4v) is 2.14. The molecular weight excluding hydrogens is 329 g/mol. The van der Waals surface area contributed by atoms with Crippen molar-refractivity contribution < 1.29 is 18.0 Å². The lowest BCUT2D eigenvalue weighted by Gasteiger charge is -2.07. The van der Waals surface area contributed by atoms with Crippen molar-refractivity contribution in [2.24, 2.45) is 0 Å². The van der Waals surface area contributed by atoms with Crippen LogP contribution < -0.4 is 5.32 Å². The summed E-state index contributed by atoms with van der Waals surface area (Å²) in [5, 5.41) is 11.7. The highest BCUT2D eigenvalue weighted by atomic mass is 19.4. The number of nitrogens with one attached hydrogen (secondary N) is 1. The molecular formula is C19H15F3N2O. The van der Waals surface area contributed by atoms with Crippen molar-refractivity contribution in [3.05, 3.63) is 76.9 Å². The maximum Gasteiger partial charge on any atom is 0.416 e. The molecule has 2 aromatic rings. The number of hydrogen-bond donors (Lipinski definition) is 1. The molecule has 0 saturated heterocycles. The van der Waals surface area contributed by atoms with Crippen molar-refractivity contribution in [3.63, 3.8) is 0 Å². The fourth-order valence-electron chi connectivity index (χ4n) is 2.14. The summed E-state index contributed by atoms with van der Waals surface area (Å²) >= 11 is 0. The van der Waals surface area contributed by atoms with E-state index in [-0.39, 0.29) is 5.57 Å². The second-order valence-corrected chi connectivity index (χ2v) is 5.28. The third-order valence-electron chi connectivity index (χ3n) is 3.46. The topological polar surface area (TPSA) is 52.9 Å². The highest BCUT2D eigenvalue weighted by Gasteiger charge is 2.29. The van der Waals surface area contributed by atoms with Crippen LogP contribution >= 0.6 is 0 Å². The lowest BCUT2D eigenvalue weighted by atomic mass is 10.1. The van der Waals surface area contributed by atoms with Crippen LogP contribution in [0, 0.1) is 11.3 Å². The third-order valence-corrected chi connectivity index (χ3v) is 3.46. The first-order valence-electron chi connectivity index (χ1n) is 7.51. The molecule has 0 aliphatic carbocycles. The first-order valence-corrected chi connectivity index (χ1v) is 7.51. The van der Waals surface area contributed by atoms with E-state index in [1.807, 2.05) is 30.3 Å². The van der Waals surface area contributed by atoms with Crippen molar-refractivity contribution in [2.45, 2.75) is 12.6 Å². The quantitative estimate of drug-likeness (QED) is 0.659. The number of carbonyl (C=O) groups is 1. The number of hydrogen-bond acceptors (Lipinski definition) is 2. The number of alkyl halides is 3. The molecule has 1 N–H and O–H groups in total. The Morgan fingerprint density at radius 2 is 1.72 bits per heavy atom. The normalized spacial score (nSPS) is 11.7. The molecule has 1 amide bonds. The molecule has 128 valence electrons. The largest absolute Gasteiger partial charge is 0.416 e. The van der Waals surface area contributed by atoms with Crippen LogP contribution in [-0.4, -0.2) is 12.5 Å². The smallest absolute Gasteiger partial charge is 0.351 e. The summed E-state index contributed by atoms with van der Waals surface area (Å²) in [6, 6.07) is 15.6. The van der Waals surface area contributed by atoms with Crippen LogP contribution in [0.2, 0.25) is 0 Å². The number of nitriles is 1. The average Bonchev–Trinajstić information content (AvgIpc) is 2.60. The molecule has 0 spiro atoms. The van der Waals surface area contributed by atoms with Crippen LogP contribution in [0.3, 0.4) is 0 Å². The Hall–Kier alpha value is -3.07. The molecule has 0 aliphatic rings. The van der Waals surface area contributed by atoms with E-state index in [2.05, 4.69) is 5.32 Å². The Bertz CT molecular complexity index is 788. The molecule has 0 aromatic heterocycles. The molecule has 6 heteroatoms. The highest BCUT2D eigenvalue weighted by molar-refractivity contribution is 6.01. The molecule has 0 fully saturated rings. The van der Waals surface area contributed by atoms with Crippen LogP contribution in [-0.2, 0) is 17.4 Å². The van der Waals surface area contributed by atoms with Crippen LogP contribution in [0.25, 0.3) is 6.08 Å². The summed E-state index contributed by atoms with van der Waals surface area (Å²) in [4.78, 5) is 12.0. The van der Waals surface area contributed by atoms with Gasteiger partial charge < -0.3 is 5.32 Å². The Labute approximate surface area is 143 Å². The first kappa shape index (κ1) is 18.3. The van der Waals surface area contributed by atoms with Crippen LogP contribution in [0.1, 0.15) is 16.7 Å². The Balaban J connectivity index is 1.99. The van der Waals surface area contributed by atoms with Crippen molar-refractivity contribution >= 4 is 12.0 Å². The second-order valence-electron chi connectivity index (χ2n) is 5.28. The van der Waals surface area contributed by atoms with Gasteiger partial charge in [0.2, 0.25) is 0 Å². The molecule has 25 heavy (non-hydrogen) atoms. The Morgan fingerprint density at radius 3 is 2.28 bits per heavy atom. The van der Waals surface area contributed by atoms with Gasteiger partial charge in [-0.25, -0.2) is 0 Å². The Kier molecular flexibility index (Phi) is 5.96. The van der Waals surface area contributed by atoms with E-state index in [1.165, 1.54) is 18.2 Å². The lowest BCUT2D eigenvalue weighted by molar-refractivity contribution is -0.137. The number of rotatable bonds is 5. The van der Waals surface area contributed by atoms with Gasteiger partial charge in [0.15, 0.2) is 0 Å². The molecule has 0 saturated carbocycles. The van der Waals surface area contributed by atoms with E-state index in [9.17, 15) is 18.0 Å². The van der Waals surface area contributed by atoms with E-state index in [0.29, 0.717) is 18.5 Å². The van der Waals surface area contributed by atoms with Gasteiger partial charge in [-0.2, -0.15) is 18.4 Å². The zero-order valence-electron chi connectivity index (χ0n) is 13.2. The molecule has 0 bridgehead atoms. The Morgan fingerprint density at radius 1 is 1.08 bits per heavy atom. The van der Waals surface area contributed by atoms with Gasteiger partial charge in [-0.15, -0.1) is 0 Å². The van der Waals surface area contributed by atoms with Crippen molar-refractivity contribution in [1.82, 2.24) is 5.32 Å². The average molecular weight is 344 g/mol. The molecule has 2 rings (SSSR count). The minimum atomic E-state index is -4.42. The van der Waals surface area contributed by atoms with E-state index in [1.54, 1.807) is 6.07 Å². The minimum absolute atomic E-state index is 0.159. The lowest BCUT2D eigenvalue weighted by Crippen LogP contribution is -2.26. The van der Waals surface area contributed by atoms with E-state index in [0.717, 1.165) is 17.7 Å². The molecule has 0 atom stereocenters. The van der Waals surface area contributed by atoms with Crippen LogP contribution in [0.4, 0.5) is 13.2 Å². The standard InChI is InChI=1S/C19H15F3N2O/c20-19(21,22)17-8-6-15(7-9-17)12-16(13-23)18(25)24-11-10-14-4-2-1-3-5-14/h1-9,12H,10-11H2,(H,24,25)/b16-12-. The summed E-state index contributed by atoms with van der Waals surface area (Å²) in [7, 11) is 0. The molecule has 3 nitrogen and oxygen atoms in total. The monoisotopic (exact) mass is 344 g/mol. The SMILES string of the molecule is N#C/C(=C/c1ccc(C(F)(F)F)cc1)C(=O)NCCc1ccccc1. The predicted octanol–water partition coefficient (Wildman–Crippen LogP) is 3.97.